The number of ether oxygens (including phenoxy) is 1. The molecule has 0 aromatic heterocycles. The molecule has 0 spiro atoms. The topological polar surface area (TPSA) is 26.3 Å². The first-order valence-electron chi connectivity index (χ1n) is 7.30. The van der Waals surface area contributed by atoms with Gasteiger partial charge in [0.05, 0.1) is 5.56 Å². The van der Waals surface area contributed by atoms with Gasteiger partial charge < -0.3 is 4.74 Å². The van der Waals surface area contributed by atoms with Gasteiger partial charge >= 0.3 is 0 Å². The van der Waals surface area contributed by atoms with Gasteiger partial charge in [-0.1, -0.05) is 32.4 Å². The number of hydrogen-bond acceptors (Lipinski definition) is 2. The predicted octanol–water partition coefficient (Wildman–Crippen LogP) is 4.75. The minimum Gasteiger partial charge on any atom is -0.489 e. The quantitative estimate of drug-likeness (QED) is 0.752. The van der Waals surface area contributed by atoms with Crippen LogP contribution in [0.15, 0.2) is 18.2 Å². The van der Waals surface area contributed by atoms with Crippen molar-refractivity contribution < 1.29 is 9.53 Å². The molecule has 3 atom stereocenters. The van der Waals surface area contributed by atoms with Crippen LogP contribution in [0.5, 0.6) is 5.75 Å². The first-order valence-corrected chi connectivity index (χ1v) is 7.67. The number of hydrogen-bond donors (Lipinski definition) is 0. The van der Waals surface area contributed by atoms with Crippen LogP contribution < -0.4 is 4.74 Å². The minimum atomic E-state index is 0.174. The summed E-state index contributed by atoms with van der Waals surface area (Å²) in [4.78, 5) is 11.2. The van der Waals surface area contributed by atoms with E-state index >= 15 is 0 Å². The Morgan fingerprint density at radius 2 is 2.10 bits per heavy atom. The van der Waals surface area contributed by atoms with Gasteiger partial charge in [0.25, 0.3) is 0 Å². The van der Waals surface area contributed by atoms with Gasteiger partial charge in [-0.2, -0.15) is 0 Å². The van der Waals surface area contributed by atoms with Crippen molar-refractivity contribution in [3.63, 3.8) is 0 Å². The molecule has 1 aromatic rings. The molecule has 0 amide bonds. The van der Waals surface area contributed by atoms with Gasteiger partial charge in [-0.25, -0.2) is 0 Å². The van der Waals surface area contributed by atoms with E-state index in [1.54, 1.807) is 18.2 Å². The molecule has 0 aliphatic heterocycles. The first-order chi connectivity index (χ1) is 9.38. The third kappa shape index (κ3) is 1.81. The van der Waals surface area contributed by atoms with Gasteiger partial charge in [-0.15, -0.1) is 0 Å². The summed E-state index contributed by atoms with van der Waals surface area (Å²) in [7, 11) is 0. The van der Waals surface area contributed by atoms with Crippen LogP contribution >= 0.6 is 11.6 Å². The monoisotopic (exact) mass is 292 g/mol. The van der Waals surface area contributed by atoms with Gasteiger partial charge in [-0.05, 0) is 48.8 Å². The highest BCUT2D eigenvalue weighted by molar-refractivity contribution is 6.30. The normalized spacial score (nSPS) is 34.2. The average Bonchev–Trinajstić information content (AvgIpc) is 2.72. The standard InChI is InChI=1S/C17H21ClO2/c1-16(2)12-6-7-17(16,3)15(8-12)20-14-9-13(18)5-4-11(14)10-19/h4-5,9-10,12,15H,6-8H2,1-3H3. The zero-order valence-electron chi connectivity index (χ0n) is 12.3. The molecule has 0 N–H and O–H groups in total. The van der Waals surface area contributed by atoms with Crippen molar-refractivity contribution in [3.8, 4) is 5.75 Å². The van der Waals surface area contributed by atoms with E-state index in [2.05, 4.69) is 20.8 Å². The van der Waals surface area contributed by atoms with Crippen LogP contribution in [-0.4, -0.2) is 12.4 Å². The smallest absolute Gasteiger partial charge is 0.153 e. The van der Waals surface area contributed by atoms with Gasteiger partial charge in [-0.3, -0.25) is 4.79 Å². The number of benzene rings is 1. The third-order valence-corrected chi connectivity index (χ3v) is 6.32. The highest BCUT2D eigenvalue weighted by atomic mass is 35.5. The Bertz CT molecular complexity index is 552. The van der Waals surface area contributed by atoms with E-state index in [-0.39, 0.29) is 11.5 Å². The molecular weight excluding hydrogens is 272 g/mol. The summed E-state index contributed by atoms with van der Waals surface area (Å²) in [6.07, 6.45) is 4.58. The van der Waals surface area contributed by atoms with Crippen LogP contribution in [0.3, 0.4) is 0 Å². The average molecular weight is 293 g/mol. The van der Waals surface area contributed by atoms with Gasteiger partial charge in [0.1, 0.15) is 11.9 Å². The molecule has 1 aromatic carbocycles. The number of halogens is 1. The number of rotatable bonds is 3. The van der Waals surface area contributed by atoms with E-state index in [9.17, 15) is 4.79 Å². The molecule has 108 valence electrons. The second-order valence-electron chi connectivity index (χ2n) is 7.02. The lowest BCUT2D eigenvalue weighted by molar-refractivity contribution is 0.0298. The molecule has 20 heavy (non-hydrogen) atoms. The molecular formula is C17H21ClO2. The SMILES string of the molecule is CC1(C)C2CCC1(C)C(Oc1cc(Cl)ccc1C=O)C2. The molecule has 2 nitrogen and oxygen atoms in total. The molecule has 3 heteroatoms. The fraction of sp³-hybridized carbons (Fsp3) is 0.588. The van der Waals surface area contributed by atoms with Crippen molar-refractivity contribution in [1.29, 1.82) is 0 Å². The fourth-order valence-corrected chi connectivity index (χ4v) is 4.33. The summed E-state index contributed by atoms with van der Waals surface area (Å²) in [6.45, 7) is 7.04. The van der Waals surface area contributed by atoms with Crippen molar-refractivity contribution in [2.75, 3.05) is 0 Å². The molecule has 3 unspecified atom stereocenters. The van der Waals surface area contributed by atoms with Gasteiger partial charge in [0, 0.05) is 10.4 Å². The van der Waals surface area contributed by atoms with E-state index in [4.69, 9.17) is 16.3 Å². The Morgan fingerprint density at radius 3 is 2.65 bits per heavy atom. The van der Waals surface area contributed by atoms with Crippen molar-refractivity contribution in [2.24, 2.45) is 16.7 Å². The second kappa shape index (κ2) is 4.49. The number of aldehydes is 1. The van der Waals surface area contributed by atoms with Crippen LogP contribution in [0.1, 0.15) is 50.4 Å². The molecule has 2 aliphatic rings. The highest BCUT2D eigenvalue weighted by Crippen LogP contribution is 2.66. The van der Waals surface area contributed by atoms with Crippen molar-refractivity contribution in [3.05, 3.63) is 28.8 Å². The Kier molecular flexibility index (Phi) is 3.13. The van der Waals surface area contributed by atoms with Crippen LogP contribution in [0, 0.1) is 16.7 Å². The highest BCUT2D eigenvalue weighted by Gasteiger charge is 2.62. The van der Waals surface area contributed by atoms with Crippen molar-refractivity contribution in [1.82, 2.24) is 0 Å². The second-order valence-corrected chi connectivity index (χ2v) is 7.45. The largest absolute Gasteiger partial charge is 0.489 e. The molecule has 2 fully saturated rings. The molecule has 0 heterocycles. The van der Waals surface area contributed by atoms with E-state index in [0.717, 1.165) is 18.6 Å². The minimum absolute atomic E-state index is 0.174. The zero-order chi connectivity index (χ0) is 14.5. The number of carbonyl (C=O) groups excluding carboxylic acids is 1. The van der Waals surface area contributed by atoms with E-state index in [0.29, 0.717) is 21.8 Å². The maximum Gasteiger partial charge on any atom is 0.153 e. The summed E-state index contributed by atoms with van der Waals surface area (Å²) in [6, 6.07) is 5.21. The van der Waals surface area contributed by atoms with E-state index in [1.165, 1.54) is 12.8 Å². The predicted molar refractivity (Wildman–Crippen MR) is 80.5 cm³/mol. The first kappa shape index (κ1) is 13.9. The fourth-order valence-electron chi connectivity index (χ4n) is 4.17. The van der Waals surface area contributed by atoms with Gasteiger partial charge in [0.15, 0.2) is 6.29 Å². The zero-order valence-corrected chi connectivity index (χ0v) is 13.0. The van der Waals surface area contributed by atoms with Crippen LogP contribution in [0.4, 0.5) is 0 Å². The lowest BCUT2D eigenvalue weighted by Gasteiger charge is -2.39. The molecule has 2 aliphatic carbocycles. The van der Waals surface area contributed by atoms with Gasteiger partial charge in [0.2, 0.25) is 0 Å². The van der Waals surface area contributed by atoms with Crippen LogP contribution in [0.2, 0.25) is 5.02 Å². The summed E-state index contributed by atoms with van der Waals surface area (Å²) < 4.78 is 6.24. The molecule has 2 bridgehead atoms. The van der Waals surface area contributed by atoms with E-state index < -0.39 is 0 Å². The number of carbonyl (C=O) groups is 1. The third-order valence-electron chi connectivity index (χ3n) is 6.09. The van der Waals surface area contributed by atoms with Crippen LogP contribution in [0.25, 0.3) is 0 Å². The summed E-state index contributed by atoms with van der Waals surface area (Å²) in [5.74, 6) is 1.35. The molecule has 3 rings (SSSR count). The summed E-state index contributed by atoms with van der Waals surface area (Å²) in [5.41, 5.74) is 1.07. The molecule has 0 radical (unpaired) electrons. The Labute approximate surface area is 125 Å². The van der Waals surface area contributed by atoms with E-state index in [1.807, 2.05) is 0 Å². The summed E-state index contributed by atoms with van der Waals surface area (Å²) >= 11 is 6.03. The Morgan fingerprint density at radius 1 is 1.35 bits per heavy atom. The lowest BCUT2D eigenvalue weighted by atomic mass is 9.70. The maximum atomic E-state index is 11.2. The maximum absolute atomic E-state index is 11.2. The molecule has 2 saturated carbocycles. The van der Waals surface area contributed by atoms with Crippen LogP contribution in [-0.2, 0) is 0 Å². The van der Waals surface area contributed by atoms with Crippen molar-refractivity contribution >= 4 is 17.9 Å². The Hall–Kier alpha value is -1.02. The summed E-state index contributed by atoms with van der Waals surface area (Å²) in [5, 5.41) is 0.609. The Balaban J connectivity index is 1.90. The molecule has 0 saturated heterocycles. The lowest BCUT2D eigenvalue weighted by Crippen LogP contribution is -2.39. The number of fused-ring (bicyclic) bond motifs is 2. The van der Waals surface area contributed by atoms with Crippen molar-refractivity contribution in [2.45, 2.75) is 46.1 Å².